The number of hydrogen-bond acceptors (Lipinski definition) is 2. The fraction of sp³-hybridized carbons (Fsp3) is 0.625. The number of anilines is 1. The predicted octanol–water partition coefficient (Wildman–Crippen LogP) is 4.22. The Labute approximate surface area is 122 Å². The van der Waals surface area contributed by atoms with Crippen molar-refractivity contribution < 1.29 is 0 Å². The lowest BCUT2D eigenvalue weighted by atomic mass is 10.1. The van der Waals surface area contributed by atoms with Gasteiger partial charge in [0.2, 0.25) is 0 Å². The first-order chi connectivity index (χ1) is 9.13. The largest absolute Gasteiger partial charge is 0.367 e. The molecule has 0 saturated heterocycles. The van der Waals surface area contributed by atoms with E-state index >= 15 is 0 Å². The molecule has 1 fully saturated rings. The Bertz CT molecular complexity index is 413. The Kier molecular flexibility index (Phi) is 5.12. The molecule has 3 heteroatoms. The zero-order chi connectivity index (χ0) is 13.8. The minimum Gasteiger partial charge on any atom is -0.367 e. The SMILES string of the molecule is CCCN(c1c(Cl)cccc1CNC(C)C)C1CC1. The van der Waals surface area contributed by atoms with Crippen LogP contribution in [0.5, 0.6) is 0 Å². The van der Waals surface area contributed by atoms with Gasteiger partial charge in [0.1, 0.15) is 0 Å². The second-order valence-electron chi connectivity index (χ2n) is 5.71. The number of rotatable bonds is 7. The molecule has 1 aliphatic rings. The third-order valence-corrected chi connectivity index (χ3v) is 3.82. The third kappa shape index (κ3) is 3.87. The van der Waals surface area contributed by atoms with Gasteiger partial charge in [-0.25, -0.2) is 0 Å². The van der Waals surface area contributed by atoms with E-state index in [1.165, 1.54) is 30.5 Å². The van der Waals surface area contributed by atoms with Crippen molar-refractivity contribution in [1.82, 2.24) is 5.32 Å². The third-order valence-electron chi connectivity index (χ3n) is 3.51. The lowest BCUT2D eigenvalue weighted by molar-refractivity contribution is 0.587. The number of hydrogen-bond donors (Lipinski definition) is 1. The molecule has 1 aliphatic carbocycles. The molecule has 1 aromatic rings. The number of halogens is 1. The maximum atomic E-state index is 6.48. The number of benzene rings is 1. The summed E-state index contributed by atoms with van der Waals surface area (Å²) >= 11 is 6.48. The van der Waals surface area contributed by atoms with Gasteiger partial charge in [-0.05, 0) is 30.9 Å². The number of para-hydroxylation sites is 1. The summed E-state index contributed by atoms with van der Waals surface area (Å²) in [5.41, 5.74) is 2.57. The molecular formula is C16H25ClN2. The summed E-state index contributed by atoms with van der Waals surface area (Å²) in [5, 5.41) is 4.39. The molecule has 0 aliphatic heterocycles. The minimum absolute atomic E-state index is 0.493. The minimum atomic E-state index is 0.493. The topological polar surface area (TPSA) is 15.3 Å². The van der Waals surface area contributed by atoms with Crippen LogP contribution in [0.2, 0.25) is 5.02 Å². The van der Waals surface area contributed by atoms with Gasteiger partial charge >= 0.3 is 0 Å². The first kappa shape index (κ1) is 14.7. The molecule has 2 rings (SSSR count). The fourth-order valence-corrected chi connectivity index (χ4v) is 2.75. The van der Waals surface area contributed by atoms with Crippen LogP contribution in [0, 0.1) is 0 Å². The fourth-order valence-electron chi connectivity index (χ4n) is 2.44. The van der Waals surface area contributed by atoms with Crippen molar-refractivity contribution >= 4 is 17.3 Å². The molecule has 1 aromatic carbocycles. The van der Waals surface area contributed by atoms with Crippen molar-refractivity contribution in [2.24, 2.45) is 0 Å². The van der Waals surface area contributed by atoms with Crippen LogP contribution in [0.25, 0.3) is 0 Å². The lowest BCUT2D eigenvalue weighted by Crippen LogP contribution is -2.29. The van der Waals surface area contributed by atoms with E-state index in [1.807, 2.05) is 6.07 Å². The first-order valence-corrected chi connectivity index (χ1v) is 7.78. The van der Waals surface area contributed by atoms with E-state index in [4.69, 9.17) is 11.6 Å². The molecule has 0 unspecified atom stereocenters. The summed E-state index contributed by atoms with van der Waals surface area (Å²) in [5.74, 6) is 0. The molecule has 0 aromatic heterocycles. The second-order valence-corrected chi connectivity index (χ2v) is 6.11. The van der Waals surface area contributed by atoms with Crippen LogP contribution in [-0.2, 0) is 6.54 Å². The van der Waals surface area contributed by atoms with Crippen molar-refractivity contribution in [3.05, 3.63) is 28.8 Å². The Hall–Kier alpha value is -0.730. The van der Waals surface area contributed by atoms with Crippen molar-refractivity contribution in [2.45, 2.75) is 58.7 Å². The maximum absolute atomic E-state index is 6.48. The molecule has 0 heterocycles. The van der Waals surface area contributed by atoms with E-state index in [-0.39, 0.29) is 0 Å². The van der Waals surface area contributed by atoms with Crippen LogP contribution in [-0.4, -0.2) is 18.6 Å². The molecule has 1 saturated carbocycles. The van der Waals surface area contributed by atoms with E-state index in [0.717, 1.165) is 18.1 Å². The first-order valence-electron chi connectivity index (χ1n) is 7.41. The zero-order valence-electron chi connectivity index (χ0n) is 12.2. The van der Waals surface area contributed by atoms with Crippen molar-refractivity contribution in [1.29, 1.82) is 0 Å². The molecule has 0 spiro atoms. The van der Waals surface area contributed by atoms with Gasteiger partial charge in [-0.2, -0.15) is 0 Å². The summed E-state index contributed by atoms with van der Waals surface area (Å²) in [4.78, 5) is 2.51. The Morgan fingerprint density at radius 2 is 2.11 bits per heavy atom. The van der Waals surface area contributed by atoms with Gasteiger partial charge in [0.15, 0.2) is 0 Å². The monoisotopic (exact) mass is 280 g/mol. The van der Waals surface area contributed by atoms with E-state index in [2.05, 4.69) is 43.1 Å². The Balaban J connectivity index is 2.24. The molecule has 0 atom stereocenters. The van der Waals surface area contributed by atoms with E-state index in [9.17, 15) is 0 Å². The van der Waals surface area contributed by atoms with E-state index in [0.29, 0.717) is 12.1 Å². The second kappa shape index (κ2) is 6.62. The summed E-state index contributed by atoms with van der Waals surface area (Å²) in [7, 11) is 0. The summed E-state index contributed by atoms with van der Waals surface area (Å²) in [6, 6.07) is 7.47. The van der Waals surface area contributed by atoms with Crippen molar-refractivity contribution in [2.75, 3.05) is 11.4 Å². The highest BCUT2D eigenvalue weighted by Gasteiger charge is 2.30. The average molecular weight is 281 g/mol. The van der Waals surface area contributed by atoms with Gasteiger partial charge in [-0.3, -0.25) is 0 Å². The Morgan fingerprint density at radius 1 is 1.37 bits per heavy atom. The van der Waals surface area contributed by atoms with Crippen LogP contribution in [0.15, 0.2) is 18.2 Å². The predicted molar refractivity (Wildman–Crippen MR) is 84.1 cm³/mol. The maximum Gasteiger partial charge on any atom is 0.0643 e. The molecule has 19 heavy (non-hydrogen) atoms. The molecule has 0 radical (unpaired) electrons. The van der Waals surface area contributed by atoms with Crippen LogP contribution in [0.1, 0.15) is 45.6 Å². The molecule has 1 N–H and O–H groups in total. The average Bonchev–Trinajstić information content (AvgIpc) is 3.18. The standard InChI is InChI=1S/C16H25ClN2/c1-4-10-19(14-8-9-14)16-13(11-18-12(2)3)6-5-7-15(16)17/h5-7,12,14,18H,4,8-11H2,1-3H3. The van der Waals surface area contributed by atoms with Crippen molar-refractivity contribution in [3.63, 3.8) is 0 Å². The Morgan fingerprint density at radius 3 is 2.68 bits per heavy atom. The van der Waals surface area contributed by atoms with Gasteiger partial charge in [0.05, 0.1) is 10.7 Å². The van der Waals surface area contributed by atoms with Crippen LogP contribution < -0.4 is 10.2 Å². The van der Waals surface area contributed by atoms with Crippen LogP contribution in [0.3, 0.4) is 0 Å². The highest BCUT2D eigenvalue weighted by atomic mass is 35.5. The summed E-state index contributed by atoms with van der Waals surface area (Å²) in [6.07, 6.45) is 3.78. The molecule has 0 amide bonds. The van der Waals surface area contributed by atoms with Gasteiger partial charge in [-0.15, -0.1) is 0 Å². The molecule has 106 valence electrons. The summed E-state index contributed by atoms with van der Waals surface area (Å²) < 4.78 is 0. The quantitative estimate of drug-likeness (QED) is 0.805. The van der Waals surface area contributed by atoms with Gasteiger partial charge < -0.3 is 10.2 Å². The summed E-state index contributed by atoms with van der Waals surface area (Å²) in [6.45, 7) is 8.58. The van der Waals surface area contributed by atoms with Crippen LogP contribution in [0.4, 0.5) is 5.69 Å². The molecule has 2 nitrogen and oxygen atoms in total. The molecular weight excluding hydrogens is 256 g/mol. The number of nitrogens with zero attached hydrogens (tertiary/aromatic N) is 1. The van der Waals surface area contributed by atoms with E-state index in [1.54, 1.807) is 0 Å². The number of nitrogens with one attached hydrogen (secondary N) is 1. The normalized spacial score (nSPS) is 15.0. The van der Waals surface area contributed by atoms with Crippen LogP contribution >= 0.6 is 11.6 Å². The van der Waals surface area contributed by atoms with Crippen molar-refractivity contribution in [3.8, 4) is 0 Å². The lowest BCUT2D eigenvalue weighted by Gasteiger charge is -2.28. The van der Waals surface area contributed by atoms with Gasteiger partial charge in [0, 0.05) is 25.2 Å². The molecule has 0 bridgehead atoms. The van der Waals surface area contributed by atoms with E-state index < -0.39 is 0 Å². The van der Waals surface area contributed by atoms with Gasteiger partial charge in [0.25, 0.3) is 0 Å². The highest BCUT2D eigenvalue weighted by molar-refractivity contribution is 6.33. The zero-order valence-corrected chi connectivity index (χ0v) is 13.0. The van der Waals surface area contributed by atoms with Gasteiger partial charge in [-0.1, -0.05) is 44.5 Å². The smallest absolute Gasteiger partial charge is 0.0643 e. The highest BCUT2D eigenvalue weighted by Crippen LogP contribution is 2.38.